The van der Waals surface area contributed by atoms with Gasteiger partial charge in [0.15, 0.2) is 4.60 Å². The van der Waals surface area contributed by atoms with Gasteiger partial charge in [0, 0.05) is 7.05 Å². The van der Waals surface area contributed by atoms with Gasteiger partial charge in [0.05, 0.1) is 0 Å². The van der Waals surface area contributed by atoms with Crippen molar-refractivity contribution in [3.05, 3.63) is 4.60 Å². The number of carbonyl (C=O) groups is 1. The number of aromatic nitrogens is 3. The molecule has 1 rings (SSSR count). The summed E-state index contributed by atoms with van der Waals surface area (Å²) in [6.45, 7) is 0. The van der Waals surface area contributed by atoms with Gasteiger partial charge in [-0.25, -0.2) is 13.1 Å². The minimum Gasteiger partial charge on any atom is -0.480 e. The minimum atomic E-state index is -4.00. The lowest BCUT2D eigenvalue weighted by Crippen LogP contribution is -2.41. The largest absolute Gasteiger partial charge is 0.480 e. The van der Waals surface area contributed by atoms with Gasteiger partial charge >= 0.3 is 5.97 Å². The topological polar surface area (TPSA) is 114 Å². The molecule has 8 nitrogen and oxygen atoms in total. The van der Waals surface area contributed by atoms with Gasteiger partial charge in [0.25, 0.3) is 10.0 Å². The maximum atomic E-state index is 12.1. The molecule has 0 aliphatic rings. The molecule has 0 saturated carbocycles. The molecule has 0 aromatic carbocycles. The summed E-state index contributed by atoms with van der Waals surface area (Å²) < 4.78 is 27.4. The molecule has 0 saturated heterocycles. The normalized spacial score (nSPS) is 13.4. The van der Waals surface area contributed by atoms with E-state index in [-0.39, 0.29) is 16.0 Å². The number of halogens is 1. The van der Waals surface area contributed by atoms with Crippen molar-refractivity contribution in [2.45, 2.75) is 17.5 Å². The fraction of sp³-hybridized carbons (Fsp3) is 0.625. The maximum Gasteiger partial charge on any atom is 0.321 e. The number of carboxylic acids is 1. The third kappa shape index (κ3) is 4.16. The molecular formula is C8H13BrN4O4S2. The Kier molecular flexibility index (Phi) is 5.77. The Morgan fingerprint density at radius 1 is 1.63 bits per heavy atom. The van der Waals surface area contributed by atoms with Crippen molar-refractivity contribution >= 4 is 43.7 Å². The molecule has 0 bridgehead atoms. The van der Waals surface area contributed by atoms with E-state index in [1.807, 2.05) is 6.26 Å². The average molecular weight is 373 g/mol. The first-order valence-corrected chi connectivity index (χ1v) is 8.76. The SMILES string of the molecule is CSCCC(NS(=O)(=O)c1c(Br)nnn1C)C(=O)O. The van der Waals surface area contributed by atoms with E-state index >= 15 is 0 Å². The third-order valence-electron chi connectivity index (χ3n) is 2.20. The lowest BCUT2D eigenvalue weighted by Gasteiger charge is -2.14. The third-order valence-corrected chi connectivity index (χ3v) is 5.20. The number of aryl methyl sites for hydroxylation is 1. The molecule has 1 unspecified atom stereocenters. The van der Waals surface area contributed by atoms with Gasteiger partial charge < -0.3 is 5.11 Å². The van der Waals surface area contributed by atoms with E-state index in [4.69, 9.17) is 5.11 Å². The summed E-state index contributed by atoms with van der Waals surface area (Å²) in [5.41, 5.74) is 0. The molecule has 1 heterocycles. The van der Waals surface area contributed by atoms with Gasteiger partial charge in [-0.2, -0.15) is 16.5 Å². The predicted octanol–water partition coefficient (Wildman–Crippen LogP) is 0.0622. The Morgan fingerprint density at radius 3 is 2.68 bits per heavy atom. The molecule has 0 aliphatic heterocycles. The Morgan fingerprint density at radius 2 is 2.26 bits per heavy atom. The molecule has 11 heteroatoms. The number of hydrogen-bond donors (Lipinski definition) is 2. The zero-order valence-corrected chi connectivity index (χ0v) is 13.4. The molecule has 1 atom stereocenters. The number of nitrogens with zero attached hydrogens (tertiary/aromatic N) is 3. The number of hydrogen-bond acceptors (Lipinski definition) is 6. The Bertz CT molecular complexity index is 540. The van der Waals surface area contributed by atoms with E-state index < -0.39 is 22.0 Å². The van der Waals surface area contributed by atoms with Crippen LogP contribution in [-0.4, -0.2) is 52.5 Å². The molecule has 0 amide bonds. The zero-order valence-electron chi connectivity index (χ0n) is 10.2. The zero-order chi connectivity index (χ0) is 14.6. The first-order valence-electron chi connectivity index (χ1n) is 5.09. The van der Waals surface area contributed by atoms with Crippen molar-refractivity contribution in [1.29, 1.82) is 0 Å². The maximum absolute atomic E-state index is 12.1. The van der Waals surface area contributed by atoms with Gasteiger partial charge in [0.1, 0.15) is 6.04 Å². The molecule has 0 aliphatic carbocycles. The first kappa shape index (κ1) is 16.4. The molecular weight excluding hydrogens is 360 g/mol. The molecule has 0 spiro atoms. The number of thioether (sulfide) groups is 1. The van der Waals surface area contributed by atoms with E-state index in [9.17, 15) is 13.2 Å². The van der Waals surface area contributed by atoms with Crippen LogP contribution in [0.3, 0.4) is 0 Å². The molecule has 19 heavy (non-hydrogen) atoms. The van der Waals surface area contributed by atoms with Gasteiger partial charge in [0.2, 0.25) is 5.03 Å². The van der Waals surface area contributed by atoms with Crippen LogP contribution < -0.4 is 4.72 Å². The van der Waals surface area contributed by atoms with Crippen molar-refractivity contribution in [3.8, 4) is 0 Å². The van der Waals surface area contributed by atoms with E-state index in [0.29, 0.717) is 5.75 Å². The van der Waals surface area contributed by atoms with Gasteiger partial charge in [-0.3, -0.25) is 4.79 Å². The van der Waals surface area contributed by atoms with Crippen LogP contribution >= 0.6 is 27.7 Å². The standard InChI is InChI=1S/C8H13BrN4O4S2/c1-13-7(6(9)10-12-13)19(16,17)11-5(8(14)15)3-4-18-2/h5,11H,3-4H2,1-2H3,(H,14,15). The van der Waals surface area contributed by atoms with Crippen molar-refractivity contribution in [2.24, 2.45) is 7.05 Å². The smallest absolute Gasteiger partial charge is 0.321 e. The summed E-state index contributed by atoms with van der Waals surface area (Å²) in [6.07, 6.45) is 2.01. The van der Waals surface area contributed by atoms with Gasteiger partial charge in [-0.15, -0.1) is 5.10 Å². The summed E-state index contributed by atoms with van der Waals surface area (Å²) in [4.78, 5) is 11.0. The number of aliphatic carboxylic acids is 1. The molecule has 0 fully saturated rings. The number of nitrogens with one attached hydrogen (secondary N) is 1. The number of sulfonamides is 1. The lowest BCUT2D eigenvalue weighted by atomic mass is 10.2. The van der Waals surface area contributed by atoms with Crippen LogP contribution in [0.15, 0.2) is 9.63 Å². The highest BCUT2D eigenvalue weighted by Crippen LogP contribution is 2.18. The van der Waals surface area contributed by atoms with Crippen LogP contribution in [0, 0.1) is 0 Å². The van der Waals surface area contributed by atoms with Crippen molar-refractivity contribution in [2.75, 3.05) is 12.0 Å². The van der Waals surface area contributed by atoms with Crippen molar-refractivity contribution in [1.82, 2.24) is 19.7 Å². The van der Waals surface area contributed by atoms with Crippen LogP contribution in [0.2, 0.25) is 0 Å². The van der Waals surface area contributed by atoms with E-state index in [0.717, 1.165) is 4.68 Å². The number of rotatable bonds is 7. The van der Waals surface area contributed by atoms with Gasteiger partial charge in [-0.05, 0) is 34.4 Å². The van der Waals surface area contributed by atoms with Crippen LogP contribution in [0.1, 0.15) is 6.42 Å². The second kappa shape index (κ2) is 6.68. The van der Waals surface area contributed by atoms with E-state index in [1.165, 1.54) is 18.8 Å². The van der Waals surface area contributed by atoms with E-state index in [1.54, 1.807) is 0 Å². The quantitative estimate of drug-likeness (QED) is 0.695. The Labute approximate surface area is 123 Å². The molecule has 0 radical (unpaired) electrons. The highest BCUT2D eigenvalue weighted by molar-refractivity contribution is 9.10. The fourth-order valence-corrected chi connectivity index (χ4v) is 4.11. The monoisotopic (exact) mass is 372 g/mol. The molecule has 1 aromatic heterocycles. The highest BCUT2D eigenvalue weighted by atomic mass is 79.9. The van der Waals surface area contributed by atoms with Gasteiger partial charge in [-0.1, -0.05) is 5.21 Å². The average Bonchev–Trinajstić information content (AvgIpc) is 2.64. The number of carboxylic acid groups (broad SMARTS) is 1. The summed E-state index contributed by atoms with van der Waals surface area (Å²) in [5.74, 6) is -0.687. The molecule has 2 N–H and O–H groups in total. The molecule has 1 aromatic rings. The lowest BCUT2D eigenvalue weighted by molar-refractivity contribution is -0.139. The summed E-state index contributed by atoms with van der Waals surface area (Å²) >= 11 is 4.41. The van der Waals surface area contributed by atoms with Crippen LogP contribution in [-0.2, 0) is 21.9 Å². The van der Waals surface area contributed by atoms with E-state index in [2.05, 4.69) is 31.0 Å². The summed E-state index contributed by atoms with van der Waals surface area (Å²) in [6, 6.07) is -1.18. The summed E-state index contributed by atoms with van der Waals surface area (Å²) in [5, 5.41) is 15.9. The fourth-order valence-electron chi connectivity index (χ4n) is 1.32. The molecule has 108 valence electrons. The Balaban J connectivity index is 2.98. The highest BCUT2D eigenvalue weighted by Gasteiger charge is 2.29. The van der Waals surface area contributed by atoms with Crippen LogP contribution in [0.5, 0.6) is 0 Å². The second-order valence-electron chi connectivity index (χ2n) is 3.60. The predicted molar refractivity (Wildman–Crippen MR) is 73.4 cm³/mol. The van der Waals surface area contributed by atoms with Crippen molar-refractivity contribution in [3.63, 3.8) is 0 Å². The second-order valence-corrected chi connectivity index (χ2v) is 6.97. The summed E-state index contributed by atoms with van der Waals surface area (Å²) in [7, 11) is -2.60. The van der Waals surface area contributed by atoms with Crippen LogP contribution in [0.25, 0.3) is 0 Å². The minimum absolute atomic E-state index is 0.0384. The van der Waals surface area contributed by atoms with Crippen LogP contribution in [0.4, 0.5) is 0 Å². The van der Waals surface area contributed by atoms with Crippen molar-refractivity contribution < 1.29 is 18.3 Å². The Hall–Kier alpha value is -0.650. The first-order chi connectivity index (χ1) is 8.79.